The Hall–Kier alpha value is -0.910. The average Bonchev–Trinajstić information content (AvgIpc) is 2.29. The fourth-order valence-corrected chi connectivity index (χ4v) is 1.65. The van der Waals surface area contributed by atoms with Crippen LogP contribution in [0.5, 0.6) is 5.75 Å². The quantitative estimate of drug-likeness (QED) is 0.717. The second-order valence-corrected chi connectivity index (χ2v) is 4.41. The van der Waals surface area contributed by atoms with Crippen LogP contribution < -0.4 is 11.1 Å². The molecular weight excluding hydrogens is 260 g/mol. The van der Waals surface area contributed by atoms with E-state index >= 15 is 0 Å². The molecule has 0 heterocycles. The number of halogens is 1. The lowest BCUT2D eigenvalue weighted by Gasteiger charge is -2.11. The van der Waals surface area contributed by atoms with E-state index in [4.69, 9.17) is 10.8 Å². The highest BCUT2D eigenvalue weighted by atomic mass is 35.5. The highest BCUT2D eigenvalue weighted by Crippen LogP contribution is 2.14. The molecule has 0 bridgehead atoms. The van der Waals surface area contributed by atoms with E-state index in [0.717, 1.165) is 5.75 Å². The van der Waals surface area contributed by atoms with Gasteiger partial charge in [-0.05, 0) is 42.7 Å². The lowest BCUT2D eigenvalue weighted by molar-refractivity contribution is -0.117. The number of carbonyl (C=O) groups excluding carboxylic acids is 1. The Bertz CT molecular complexity index is 346. The molecule has 0 radical (unpaired) electrons. The summed E-state index contributed by atoms with van der Waals surface area (Å²) in [4.78, 5) is 11.6. The predicted molar refractivity (Wildman–Crippen MR) is 75.0 cm³/mol. The molecule has 0 aliphatic rings. The van der Waals surface area contributed by atoms with Crippen molar-refractivity contribution in [3.63, 3.8) is 0 Å². The summed E-state index contributed by atoms with van der Waals surface area (Å²) >= 11 is 1.66. The van der Waals surface area contributed by atoms with E-state index in [1.54, 1.807) is 23.9 Å². The molecule has 1 aromatic rings. The number of thioether (sulfide) groups is 1. The molecule has 4 N–H and O–H groups in total. The van der Waals surface area contributed by atoms with Gasteiger partial charge in [-0.2, -0.15) is 11.8 Å². The minimum absolute atomic E-state index is 0. The third kappa shape index (κ3) is 5.81. The summed E-state index contributed by atoms with van der Waals surface area (Å²) in [6.07, 6.45) is 2.63. The standard InChI is InChI=1S/C11H16N2O2S.ClH/c1-16-7-6-10(12)11(15)13-8-2-4-9(14)5-3-8;/h2-5,10,14H,6-7,12H2,1H3,(H,13,15);1H/t10-;/m0./s1. The minimum atomic E-state index is -0.485. The van der Waals surface area contributed by atoms with Crippen LogP contribution in [0.1, 0.15) is 6.42 Å². The van der Waals surface area contributed by atoms with Crippen LogP contribution in [0.25, 0.3) is 0 Å². The third-order valence-corrected chi connectivity index (χ3v) is 2.75. The lowest BCUT2D eigenvalue weighted by Crippen LogP contribution is -2.36. The van der Waals surface area contributed by atoms with Crippen molar-refractivity contribution in [2.45, 2.75) is 12.5 Å². The number of hydrogen-bond acceptors (Lipinski definition) is 4. The van der Waals surface area contributed by atoms with E-state index in [-0.39, 0.29) is 24.1 Å². The zero-order chi connectivity index (χ0) is 12.0. The van der Waals surface area contributed by atoms with Crippen molar-refractivity contribution in [1.29, 1.82) is 0 Å². The number of benzene rings is 1. The number of rotatable bonds is 5. The number of amides is 1. The van der Waals surface area contributed by atoms with Crippen LogP contribution in [0.3, 0.4) is 0 Å². The number of hydrogen-bond donors (Lipinski definition) is 3. The van der Waals surface area contributed by atoms with Gasteiger partial charge in [0.25, 0.3) is 0 Å². The van der Waals surface area contributed by atoms with Gasteiger partial charge in [-0.1, -0.05) is 0 Å². The first-order valence-electron chi connectivity index (χ1n) is 4.98. The van der Waals surface area contributed by atoms with Crippen molar-refractivity contribution in [1.82, 2.24) is 0 Å². The molecular formula is C11H17ClN2O2S. The summed E-state index contributed by atoms with van der Waals surface area (Å²) in [5.74, 6) is 0.842. The summed E-state index contributed by atoms with van der Waals surface area (Å²) in [6.45, 7) is 0. The molecule has 0 aliphatic heterocycles. The number of phenolic OH excluding ortho intramolecular Hbond substituents is 1. The smallest absolute Gasteiger partial charge is 0.241 e. The van der Waals surface area contributed by atoms with E-state index in [0.29, 0.717) is 12.1 Å². The van der Waals surface area contributed by atoms with Crippen LogP contribution in [-0.2, 0) is 4.79 Å². The van der Waals surface area contributed by atoms with Crippen LogP contribution in [0, 0.1) is 0 Å². The molecule has 0 saturated carbocycles. The largest absolute Gasteiger partial charge is 0.508 e. The van der Waals surface area contributed by atoms with Gasteiger partial charge in [-0.25, -0.2) is 0 Å². The number of nitrogens with two attached hydrogens (primary N) is 1. The Morgan fingerprint density at radius 3 is 2.59 bits per heavy atom. The Kier molecular flexibility index (Phi) is 7.78. The van der Waals surface area contributed by atoms with E-state index in [1.807, 2.05) is 6.26 Å². The van der Waals surface area contributed by atoms with Crippen molar-refractivity contribution in [3.05, 3.63) is 24.3 Å². The number of nitrogens with one attached hydrogen (secondary N) is 1. The Labute approximate surface area is 111 Å². The monoisotopic (exact) mass is 276 g/mol. The molecule has 96 valence electrons. The van der Waals surface area contributed by atoms with Crippen LogP contribution in [0.2, 0.25) is 0 Å². The lowest BCUT2D eigenvalue weighted by atomic mass is 10.2. The van der Waals surface area contributed by atoms with Crippen molar-refractivity contribution < 1.29 is 9.90 Å². The highest BCUT2D eigenvalue weighted by molar-refractivity contribution is 7.98. The predicted octanol–water partition coefficient (Wildman–Crippen LogP) is 1.83. The van der Waals surface area contributed by atoms with Gasteiger partial charge in [-0.15, -0.1) is 12.4 Å². The Balaban J connectivity index is 0.00000256. The number of phenols is 1. The summed E-state index contributed by atoms with van der Waals surface area (Å²) < 4.78 is 0. The molecule has 0 saturated heterocycles. The summed E-state index contributed by atoms with van der Waals surface area (Å²) in [5.41, 5.74) is 6.35. The number of aromatic hydroxyl groups is 1. The van der Waals surface area contributed by atoms with Gasteiger partial charge < -0.3 is 16.2 Å². The third-order valence-electron chi connectivity index (χ3n) is 2.10. The van der Waals surface area contributed by atoms with Gasteiger partial charge in [0, 0.05) is 5.69 Å². The van der Waals surface area contributed by atoms with Crippen LogP contribution in [0.4, 0.5) is 5.69 Å². The fraction of sp³-hybridized carbons (Fsp3) is 0.364. The molecule has 1 rings (SSSR count). The first-order chi connectivity index (χ1) is 7.63. The molecule has 1 atom stereocenters. The van der Waals surface area contributed by atoms with Gasteiger partial charge in [0.15, 0.2) is 0 Å². The fourth-order valence-electron chi connectivity index (χ4n) is 1.16. The molecule has 6 heteroatoms. The average molecular weight is 277 g/mol. The molecule has 0 aromatic heterocycles. The minimum Gasteiger partial charge on any atom is -0.508 e. The zero-order valence-corrected chi connectivity index (χ0v) is 11.2. The van der Waals surface area contributed by atoms with Crippen molar-refractivity contribution in [2.75, 3.05) is 17.3 Å². The Morgan fingerprint density at radius 2 is 2.06 bits per heavy atom. The topological polar surface area (TPSA) is 75.4 Å². The molecule has 17 heavy (non-hydrogen) atoms. The first-order valence-corrected chi connectivity index (χ1v) is 6.37. The molecule has 1 aromatic carbocycles. The highest BCUT2D eigenvalue weighted by Gasteiger charge is 2.12. The molecule has 1 amide bonds. The summed E-state index contributed by atoms with van der Waals surface area (Å²) in [5, 5.41) is 11.8. The van der Waals surface area contributed by atoms with Crippen LogP contribution >= 0.6 is 24.2 Å². The van der Waals surface area contributed by atoms with Gasteiger partial charge in [0.05, 0.1) is 6.04 Å². The molecule has 0 spiro atoms. The molecule has 4 nitrogen and oxygen atoms in total. The van der Waals surface area contributed by atoms with Gasteiger partial charge in [0.1, 0.15) is 5.75 Å². The van der Waals surface area contributed by atoms with Crippen LogP contribution in [0.15, 0.2) is 24.3 Å². The van der Waals surface area contributed by atoms with Crippen molar-refractivity contribution >= 4 is 35.8 Å². The maximum Gasteiger partial charge on any atom is 0.241 e. The van der Waals surface area contributed by atoms with E-state index in [9.17, 15) is 4.79 Å². The van der Waals surface area contributed by atoms with Gasteiger partial charge >= 0.3 is 0 Å². The number of anilines is 1. The SMILES string of the molecule is CSCC[C@H](N)C(=O)Nc1ccc(O)cc1.Cl. The normalized spacial score (nSPS) is 11.4. The zero-order valence-electron chi connectivity index (χ0n) is 9.55. The second kappa shape index (κ2) is 8.22. The summed E-state index contributed by atoms with van der Waals surface area (Å²) in [6, 6.07) is 5.82. The maximum atomic E-state index is 11.6. The van der Waals surface area contributed by atoms with Crippen LogP contribution in [-0.4, -0.2) is 29.1 Å². The molecule has 0 unspecified atom stereocenters. The molecule has 0 fully saturated rings. The summed E-state index contributed by atoms with van der Waals surface area (Å²) in [7, 11) is 0. The first kappa shape index (κ1) is 16.1. The number of carbonyl (C=O) groups is 1. The maximum absolute atomic E-state index is 11.6. The van der Waals surface area contributed by atoms with Crippen molar-refractivity contribution in [2.24, 2.45) is 5.73 Å². The Morgan fingerprint density at radius 1 is 1.47 bits per heavy atom. The van der Waals surface area contributed by atoms with Gasteiger partial charge in [-0.3, -0.25) is 4.79 Å². The van der Waals surface area contributed by atoms with E-state index < -0.39 is 6.04 Å². The van der Waals surface area contributed by atoms with Crippen molar-refractivity contribution in [3.8, 4) is 5.75 Å². The second-order valence-electron chi connectivity index (χ2n) is 3.42. The molecule has 0 aliphatic carbocycles. The van der Waals surface area contributed by atoms with E-state index in [1.165, 1.54) is 12.1 Å². The van der Waals surface area contributed by atoms with E-state index in [2.05, 4.69) is 5.32 Å². The van der Waals surface area contributed by atoms with Gasteiger partial charge in [0.2, 0.25) is 5.91 Å².